The Balaban J connectivity index is -0.0000000624. The number of aliphatic carboxylic acids is 4. The molecule has 1 aromatic carbocycles. The standard InChI is InChI=1S/C9H12.C2H8N2.4C2H4O2.H2O2/c1-8(2)9-6-4-3-5-7-9;3-1-2-4;4*1-2(3)4;1-2/h3-8H,1-2H3;1-4H2;4*1H3,(H,3,4);1-2H. The second-order valence-electron chi connectivity index (χ2n) is 5.22. The average Bonchev–Trinajstić information content (AvgIpc) is 2.62. The van der Waals surface area contributed by atoms with Crippen LogP contribution in [-0.2, 0) is 19.2 Å². The molecule has 0 saturated carbocycles. The Kier molecular flexibility index (Phi) is 51.2. The number of rotatable bonds is 2. The highest BCUT2D eigenvalue weighted by Crippen LogP contribution is 2.11. The van der Waals surface area contributed by atoms with E-state index in [1.165, 1.54) is 5.56 Å². The summed E-state index contributed by atoms with van der Waals surface area (Å²) in [5.41, 5.74) is 11.2. The van der Waals surface area contributed by atoms with Gasteiger partial charge >= 0.3 is 0 Å². The van der Waals surface area contributed by atoms with Gasteiger partial charge in [-0.1, -0.05) is 44.2 Å². The van der Waals surface area contributed by atoms with E-state index in [9.17, 15) is 0 Å². The predicted octanol–water partition coefficient (Wildman–Crippen LogP) is 2.09. The molecule has 0 radical (unpaired) electrons. The quantitative estimate of drug-likeness (QED) is 0.236. The summed E-state index contributed by atoms with van der Waals surface area (Å²) in [5, 5.41) is 41.7. The summed E-state index contributed by atoms with van der Waals surface area (Å²) >= 11 is 0. The van der Waals surface area contributed by atoms with E-state index in [4.69, 9.17) is 61.6 Å². The number of hydrogen-bond acceptors (Lipinski definition) is 8. The number of carboxylic acids is 4. The lowest BCUT2D eigenvalue weighted by Gasteiger charge is -2.01. The molecule has 0 aliphatic carbocycles. The lowest BCUT2D eigenvalue weighted by atomic mass is 10.0. The van der Waals surface area contributed by atoms with Crippen molar-refractivity contribution in [2.24, 2.45) is 11.5 Å². The highest BCUT2D eigenvalue weighted by atomic mass is 17.0. The van der Waals surface area contributed by atoms with Crippen LogP contribution in [0.25, 0.3) is 0 Å². The summed E-state index contributed by atoms with van der Waals surface area (Å²) in [6.45, 7) is 9.94. The summed E-state index contributed by atoms with van der Waals surface area (Å²) < 4.78 is 0. The second kappa shape index (κ2) is 37.7. The first kappa shape index (κ1) is 42.1. The Morgan fingerprint density at radius 2 is 0.871 bits per heavy atom. The monoisotopic (exact) mass is 454 g/mol. The maximum Gasteiger partial charge on any atom is 0.300 e. The SMILES string of the molecule is CC(=O)O.CC(=O)O.CC(=O)O.CC(=O)O.CC(C)c1ccccc1.NCCN.OO. The molecule has 10 N–H and O–H groups in total. The average molecular weight is 455 g/mol. The van der Waals surface area contributed by atoms with Crippen molar-refractivity contribution in [2.75, 3.05) is 13.1 Å². The van der Waals surface area contributed by atoms with Gasteiger partial charge in [0.2, 0.25) is 0 Å². The van der Waals surface area contributed by atoms with Gasteiger partial charge in [0.1, 0.15) is 0 Å². The van der Waals surface area contributed by atoms with Gasteiger partial charge in [-0.15, -0.1) is 0 Å². The molecule has 0 unspecified atom stereocenters. The van der Waals surface area contributed by atoms with Crippen LogP contribution < -0.4 is 11.5 Å². The number of nitrogens with two attached hydrogens (primary N) is 2. The third-order valence-corrected chi connectivity index (χ3v) is 1.63. The van der Waals surface area contributed by atoms with Crippen LogP contribution in [0.1, 0.15) is 53.0 Å². The molecule has 12 nitrogen and oxygen atoms in total. The number of carboxylic acid groups (broad SMARTS) is 4. The van der Waals surface area contributed by atoms with Crippen molar-refractivity contribution in [1.82, 2.24) is 0 Å². The molecule has 0 fully saturated rings. The van der Waals surface area contributed by atoms with Crippen LogP contribution in [0.15, 0.2) is 30.3 Å². The van der Waals surface area contributed by atoms with Crippen molar-refractivity contribution >= 4 is 23.9 Å². The van der Waals surface area contributed by atoms with E-state index in [1.807, 2.05) is 6.07 Å². The third-order valence-electron chi connectivity index (χ3n) is 1.63. The fourth-order valence-corrected chi connectivity index (χ4v) is 0.838. The molecule has 0 atom stereocenters. The fourth-order valence-electron chi connectivity index (χ4n) is 0.838. The minimum absolute atomic E-state index is 0.597. The number of carbonyl (C=O) groups is 4. The second-order valence-corrected chi connectivity index (χ2v) is 5.22. The Hall–Kier alpha value is -3.06. The van der Waals surface area contributed by atoms with Crippen LogP contribution in [0.5, 0.6) is 0 Å². The molecule has 0 saturated heterocycles. The zero-order valence-corrected chi connectivity index (χ0v) is 18.8. The van der Waals surface area contributed by atoms with Gasteiger partial charge < -0.3 is 31.9 Å². The minimum atomic E-state index is -0.833. The molecule has 1 aromatic rings. The van der Waals surface area contributed by atoms with E-state index < -0.39 is 23.9 Å². The van der Waals surface area contributed by atoms with Crippen molar-refractivity contribution in [3.8, 4) is 0 Å². The smallest absolute Gasteiger partial charge is 0.300 e. The summed E-state index contributed by atoms with van der Waals surface area (Å²) in [5.74, 6) is -2.67. The minimum Gasteiger partial charge on any atom is -0.481 e. The Morgan fingerprint density at radius 3 is 0.968 bits per heavy atom. The molecule has 0 spiro atoms. The van der Waals surface area contributed by atoms with Crippen LogP contribution in [0.4, 0.5) is 0 Å². The van der Waals surface area contributed by atoms with E-state index in [-0.39, 0.29) is 0 Å². The Morgan fingerprint density at radius 1 is 0.677 bits per heavy atom. The van der Waals surface area contributed by atoms with E-state index >= 15 is 0 Å². The van der Waals surface area contributed by atoms with Gasteiger partial charge in [0.15, 0.2) is 0 Å². The van der Waals surface area contributed by atoms with Gasteiger partial charge in [-0.3, -0.25) is 29.7 Å². The molecule has 0 aromatic heterocycles. The largest absolute Gasteiger partial charge is 0.481 e. The molecule has 0 aliphatic heterocycles. The number of hydrogen-bond donors (Lipinski definition) is 8. The molecule has 0 heterocycles. The van der Waals surface area contributed by atoms with Crippen LogP contribution in [0.3, 0.4) is 0 Å². The number of benzene rings is 1. The summed E-state index contributed by atoms with van der Waals surface area (Å²) in [6.07, 6.45) is 0. The van der Waals surface area contributed by atoms with E-state index in [0.717, 1.165) is 27.7 Å². The van der Waals surface area contributed by atoms with Gasteiger partial charge in [0.05, 0.1) is 0 Å². The Bertz CT molecular complexity index is 458. The normalized spacial score (nSPS) is 7.32. The lowest BCUT2D eigenvalue weighted by molar-refractivity contribution is -0.176. The summed E-state index contributed by atoms with van der Waals surface area (Å²) in [6, 6.07) is 10.5. The molecule has 1 rings (SSSR count). The molecule has 0 amide bonds. The maximum atomic E-state index is 9.00. The summed E-state index contributed by atoms with van der Waals surface area (Å²) in [7, 11) is 0. The predicted molar refractivity (Wildman–Crippen MR) is 117 cm³/mol. The molecule has 184 valence electrons. The van der Waals surface area contributed by atoms with E-state index in [0.29, 0.717) is 19.0 Å². The van der Waals surface area contributed by atoms with Crippen molar-refractivity contribution < 1.29 is 50.1 Å². The van der Waals surface area contributed by atoms with Crippen molar-refractivity contribution in [2.45, 2.75) is 47.5 Å². The zero-order chi connectivity index (χ0) is 26.4. The molecular weight excluding hydrogens is 416 g/mol. The van der Waals surface area contributed by atoms with Crippen LogP contribution in [0.2, 0.25) is 0 Å². The molecule has 31 heavy (non-hydrogen) atoms. The lowest BCUT2D eigenvalue weighted by Crippen LogP contribution is -2.11. The van der Waals surface area contributed by atoms with Gasteiger partial charge in [0.25, 0.3) is 23.9 Å². The highest BCUT2D eigenvalue weighted by Gasteiger charge is 1.93. The Labute approximate surface area is 182 Å². The van der Waals surface area contributed by atoms with E-state index in [1.54, 1.807) is 0 Å². The van der Waals surface area contributed by atoms with Crippen molar-refractivity contribution in [1.29, 1.82) is 0 Å². The maximum absolute atomic E-state index is 9.00. The third kappa shape index (κ3) is 170. The van der Waals surface area contributed by atoms with Crippen LogP contribution >= 0.6 is 0 Å². The fraction of sp³-hybridized carbons (Fsp3) is 0.474. The van der Waals surface area contributed by atoms with Crippen molar-refractivity contribution in [3.05, 3.63) is 35.9 Å². The highest BCUT2D eigenvalue weighted by molar-refractivity contribution is 5.63. The van der Waals surface area contributed by atoms with Crippen LogP contribution in [0, 0.1) is 0 Å². The zero-order valence-electron chi connectivity index (χ0n) is 18.8. The molecule has 0 bridgehead atoms. The first-order valence-electron chi connectivity index (χ1n) is 8.58. The van der Waals surface area contributed by atoms with Gasteiger partial charge in [-0.2, -0.15) is 0 Å². The first-order chi connectivity index (χ1) is 14.1. The molecular formula is C19H38N2O10. The first-order valence-corrected chi connectivity index (χ1v) is 8.58. The van der Waals surface area contributed by atoms with Gasteiger partial charge in [-0.25, -0.2) is 0 Å². The van der Waals surface area contributed by atoms with Crippen molar-refractivity contribution in [3.63, 3.8) is 0 Å². The topological polar surface area (TPSA) is 242 Å². The van der Waals surface area contributed by atoms with Crippen LogP contribution in [-0.4, -0.2) is 67.9 Å². The molecule has 12 heteroatoms. The molecule has 0 aliphatic rings. The van der Waals surface area contributed by atoms with Gasteiger partial charge in [0, 0.05) is 40.8 Å². The van der Waals surface area contributed by atoms with Gasteiger partial charge in [-0.05, 0) is 11.5 Å². The summed E-state index contributed by atoms with van der Waals surface area (Å²) in [4.78, 5) is 36.0. The van der Waals surface area contributed by atoms with E-state index in [2.05, 4.69) is 38.1 Å².